The van der Waals surface area contributed by atoms with Gasteiger partial charge in [-0.3, -0.25) is 9.59 Å². The van der Waals surface area contributed by atoms with Crippen molar-refractivity contribution in [1.29, 1.82) is 0 Å². The number of nitrogens with zero attached hydrogens (tertiary/aromatic N) is 2. The first-order valence-electron chi connectivity index (χ1n) is 10.5. The lowest BCUT2D eigenvalue weighted by molar-refractivity contribution is -0.907. The van der Waals surface area contributed by atoms with Crippen LogP contribution in [0, 0.1) is 5.92 Å². The van der Waals surface area contributed by atoms with Gasteiger partial charge in [0, 0.05) is 11.3 Å². The summed E-state index contributed by atoms with van der Waals surface area (Å²) in [5, 5.41) is 2.91. The van der Waals surface area contributed by atoms with Gasteiger partial charge in [0.2, 0.25) is 0 Å². The van der Waals surface area contributed by atoms with E-state index in [4.69, 9.17) is 0 Å². The summed E-state index contributed by atoms with van der Waals surface area (Å²) >= 11 is 0. The fraction of sp³-hybridized carbons (Fsp3) is 0.591. The zero-order valence-corrected chi connectivity index (χ0v) is 18.0. The average Bonchev–Trinajstić information content (AvgIpc) is 2.90. The fourth-order valence-corrected chi connectivity index (χ4v) is 4.01. The number of urea groups is 1. The molecule has 0 unspecified atom stereocenters. The van der Waals surface area contributed by atoms with Gasteiger partial charge in [-0.2, -0.15) is 0 Å². The molecule has 0 aromatic heterocycles. The molecular weight excluding hydrogens is 368 g/mol. The minimum Gasteiger partial charge on any atom is -0.360 e. The first-order valence-corrected chi connectivity index (χ1v) is 10.5. The third-order valence-corrected chi connectivity index (χ3v) is 6.06. The number of benzene rings is 1. The van der Waals surface area contributed by atoms with Gasteiger partial charge < -0.3 is 15.1 Å². The van der Waals surface area contributed by atoms with E-state index < -0.39 is 5.54 Å². The lowest BCUT2D eigenvalue weighted by Gasteiger charge is -2.34. The Labute approximate surface area is 173 Å². The second kappa shape index (κ2) is 8.53. The van der Waals surface area contributed by atoms with Crippen LogP contribution in [-0.2, 0) is 4.79 Å². The minimum atomic E-state index is -0.777. The van der Waals surface area contributed by atoms with Gasteiger partial charge in [-0.15, -0.1) is 0 Å². The van der Waals surface area contributed by atoms with Gasteiger partial charge in [0.1, 0.15) is 5.54 Å². The Morgan fingerprint density at radius 1 is 1.17 bits per heavy atom. The van der Waals surface area contributed by atoms with E-state index in [1.54, 1.807) is 6.92 Å². The number of nitrogens with one attached hydrogen (secondary N) is 2. The topological polar surface area (TPSA) is 74.2 Å². The predicted octanol–water partition coefficient (Wildman–Crippen LogP) is 1.30. The Morgan fingerprint density at radius 2 is 1.79 bits per heavy atom. The van der Waals surface area contributed by atoms with Crippen molar-refractivity contribution in [2.45, 2.75) is 46.1 Å². The van der Waals surface area contributed by atoms with Crippen LogP contribution in [-0.4, -0.2) is 61.0 Å². The molecule has 0 aliphatic carbocycles. The van der Waals surface area contributed by atoms with Crippen LogP contribution in [0.3, 0.4) is 0 Å². The van der Waals surface area contributed by atoms with Crippen molar-refractivity contribution in [3.8, 4) is 0 Å². The van der Waals surface area contributed by atoms with Crippen LogP contribution >= 0.6 is 0 Å². The maximum absolute atomic E-state index is 12.9. The van der Waals surface area contributed by atoms with E-state index in [1.807, 2.05) is 31.2 Å². The molecule has 0 spiro atoms. The third kappa shape index (κ3) is 4.78. The average molecular weight is 402 g/mol. The van der Waals surface area contributed by atoms with Gasteiger partial charge in [0.05, 0.1) is 26.2 Å². The summed E-state index contributed by atoms with van der Waals surface area (Å²) in [4.78, 5) is 41.7. The molecule has 2 aliphatic rings. The van der Waals surface area contributed by atoms with Gasteiger partial charge in [0.15, 0.2) is 12.5 Å². The molecule has 0 bridgehead atoms. The van der Waals surface area contributed by atoms with E-state index in [1.165, 1.54) is 9.80 Å². The van der Waals surface area contributed by atoms with Crippen molar-refractivity contribution in [3.63, 3.8) is 0 Å². The first kappa shape index (κ1) is 21.3. The van der Waals surface area contributed by atoms with E-state index in [2.05, 4.69) is 24.1 Å². The Balaban J connectivity index is 1.54. The zero-order valence-electron chi connectivity index (χ0n) is 18.0. The molecule has 158 valence electrons. The number of anilines is 1. The maximum Gasteiger partial charge on any atom is 0.329 e. The number of Topliss-reactive ketones (excluding diaryl/α,β-unsaturated/α-hetero) is 1. The molecule has 0 saturated carbocycles. The van der Waals surface area contributed by atoms with Crippen molar-refractivity contribution < 1.29 is 19.3 Å². The second-order valence-corrected chi connectivity index (χ2v) is 8.93. The van der Waals surface area contributed by atoms with Gasteiger partial charge in [-0.05, 0) is 56.9 Å². The number of hydrogen-bond acceptors (Lipinski definition) is 4. The van der Waals surface area contributed by atoms with Crippen LogP contribution in [0.4, 0.5) is 10.5 Å². The second-order valence-electron chi connectivity index (χ2n) is 8.93. The molecule has 2 saturated heterocycles. The van der Waals surface area contributed by atoms with E-state index in [0.717, 1.165) is 43.9 Å². The molecule has 0 radical (unpaired) electrons. The Morgan fingerprint density at radius 3 is 2.34 bits per heavy atom. The number of hydrogen-bond donors (Lipinski definition) is 2. The third-order valence-electron chi connectivity index (χ3n) is 6.06. The van der Waals surface area contributed by atoms with Crippen LogP contribution in [0.2, 0.25) is 0 Å². The molecular formula is C22H33N4O3+. The Hall–Kier alpha value is -2.41. The van der Waals surface area contributed by atoms with Gasteiger partial charge >= 0.3 is 6.03 Å². The number of imide groups is 1. The van der Waals surface area contributed by atoms with E-state index in [0.29, 0.717) is 19.0 Å². The van der Waals surface area contributed by atoms with Crippen LogP contribution in [0.25, 0.3) is 0 Å². The summed E-state index contributed by atoms with van der Waals surface area (Å²) in [5.41, 5.74) is 1.04. The molecule has 7 nitrogen and oxygen atoms in total. The van der Waals surface area contributed by atoms with Gasteiger partial charge in [0.25, 0.3) is 5.91 Å². The highest BCUT2D eigenvalue weighted by molar-refractivity contribution is 6.06. The Kier molecular flexibility index (Phi) is 6.27. The fourth-order valence-electron chi connectivity index (χ4n) is 4.01. The normalized spacial score (nSPS) is 23.1. The molecule has 2 fully saturated rings. The number of rotatable bonds is 7. The van der Waals surface area contributed by atoms with E-state index >= 15 is 0 Å². The number of quaternary nitrogens is 1. The van der Waals surface area contributed by atoms with Crippen molar-refractivity contribution >= 4 is 23.4 Å². The summed E-state index contributed by atoms with van der Waals surface area (Å²) in [5.74, 6) is 0.464. The molecule has 3 amide bonds. The summed E-state index contributed by atoms with van der Waals surface area (Å²) in [6.45, 7) is 11.5. The predicted molar refractivity (Wildman–Crippen MR) is 112 cm³/mol. The molecule has 3 rings (SSSR count). The van der Waals surface area contributed by atoms with Crippen LogP contribution in [0.1, 0.15) is 50.9 Å². The summed E-state index contributed by atoms with van der Waals surface area (Å²) < 4.78 is 0. The molecule has 1 aromatic rings. The standard InChI is InChI=1S/C22H32N4O3/c1-16(2)9-10-22(4)20(28)26(21(29)23-22)15-24-11-13-25(14-12-24)19-7-5-18(6-8-19)17(3)27/h5-8,16H,9-15H2,1-4H3,(H,23,29)/p+1/t22-/m1/s1. The zero-order chi connectivity index (χ0) is 21.2. The largest absolute Gasteiger partial charge is 0.360 e. The summed E-state index contributed by atoms with van der Waals surface area (Å²) in [6.07, 6.45) is 1.58. The van der Waals surface area contributed by atoms with Crippen LogP contribution in [0.15, 0.2) is 24.3 Å². The quantitative estimate of drug-likeness (QED) is 0.534. The summed E-state index contributed by atoms with van der Waals surface area (Å²) in [6, 6.07) is 7.43. The number of carbonyl (C=O) groups excluding carboxylic acids is 3. The molecule has 1 atom stereocenters. The molecule has 7 heteroatoms. The number of ketones is 1. The van der Waals surface area contributed by atoms with Crippen molar-refractivity contribution in [3.05, 3.63) is 29.8 Å². The molecule has 29 heavy (non-hydrogen) atoms. The molecule has 2 aliphatic heterocycles. The number of amides is 3. The van der Waals surface area contributed by atoms with Crippen molar-refractivity contribution in [2.75, 3.05) is 37.7 Å². The maximum atomic E-state index is 12.9. The molecule has 2 heterocycles. The number of carbonyl (C=O) groups is 3. The van der Waals surface area contributed by atoms with E-state index in [-0.39, 0.29) is 17.7 Å². The summed E-state index contributed by atoms with van der Waals surface area (Å²) in [7, 11) is 0. The van der Waals surface area contributed by atoms with Crippen LogP contribution in [0.5, 0.6) is 0 Å². The van der Waals surface area contributed by atoms with Crippen molar-refractivity contribution in [2.24, 2.45) is 5.92 Å². The smallest absolute Gasteiger partial charge is 0.329 e. The lowest BCUT2D eigenvalue weighted by atomic mass is 9.92. The highest BCUT2D eigenvalue weighted by Crippen LogP contribution is 2.24. The highest BCUT2D eigenvalue weighted by Gasteiger charge is 2.48. The van der Waals surface area contributed by atoms with Crippen molar-refractivity contribution in [1.82, 2.24) is 10.2 Å². The molecule has 2 N–H and O–H groups in total. The Bertz CT molecular complexity index is 769. The highest BCUT2D eigenvalue weighted by atomic mass is 16.2. The van der Waals surface area contributed by atoms with Crippen LogP contribution < -0.4 is 15.1 Å². The monoisotopic (exact) mass is 401 g/mol. The van der Waals surface area contributed by atoms with E-state index in [9.17, 15) is 14.4 Å². The van der Waals surface area contributed by atoms with Gasteiger partial charge in [-0.25, -0.2) is 9.69 Å². The molecule has 1 aromatic carbocycles. The van der Waals surface area contributed by atoms with Gasteiger partial charge in [-0.1, -0.05) is 13.8 Å². The first-order chi connectivity index (χ1) is 13.7. The lowest BCUT2D eigenvalue weighted by Crippen LogP contribution is -3.16. The number of piperazine rings is 1. The minimum absolute atomic E-state index is 0.0692. The SMILES string of the molecule is CC(=O)c1ccc(N2CC[NH+](CN3C(=O)N[C@](C)(CCC(C)C)C3=O)CC2)cc1.